The van der Waals surface area contributed by atoms with E-state index in [0.29, 0.717) is 11.8 Å². The molecule has 1 saturated heterocycles. The van der Waals surface area contributed by atoms with Crippen LogP contribution in [0, 0.1) is 23.2 Å². The molecule has 1 aliphatic carbocycles. The van der Waals surface area contributed by atoms with Crippen molar-refractivity contribution in [3.05, 3.63) is 71.8 Å². The molecule has 2 aliphatic rings. The van der Waals surface area contributed by atoms with Crippen molar-refractivity contribution in [1.82, 2.24) is 4.90 Å². The molecule has 2 aromatic carbocycles. The number of benzene rings is 2. The molecular formula is C23H26N2O. The van der Waals surface area contributed by atoms with Crippen molar-refractivity contribution < 1.29 is 5.11 Å². The van der Waals surface area contributed by atoms with Crippen molar-refractivity contribution in [2.75, 3.05) is 19.6 Å². The Bertz CT molecular complexity index is 714. The summed E-state index contributed by atoms with van der Waals surface area (Å²) in [4.78, 5) is 2.50. The minimum Gasteiger partial charge on any atom is -0.393 e. The molecule has 3 atom stereocenters. The van der Waals surface area contributed by atoms with Crippen LogP contribution >= 0.6 is 0 Å². The second-order valence-electron chi connectivity index (χ2n) is 7.90. The second-order valence-corrected chi connectivity index (χ2v) is 7.90. The van der Waals surface area contributed by atoms with E-state index >= 15 is 0 Å². The van der Waals surface area contributed by atoms with E-state index in [1.165, 1.54) is 0 Å². The highest BCUT2D eigenvalue weighted by molar-refractivity contribution is 5.45. The standard InChI is InChI=1S/C23H26N2O/c24-17-23(20-7-3-1-4-8-20,21-9-5-2-6-10-21)11-12-25-15-18-13-22(26)14-19(18)16-25/h1-10,18-19,22,26H,11-16H2/t18-,19+,22?. The van der Waals surface area contributed by atoms with Gasteiger partial charge in [-0.15, -0.1) is 0 Å². The lowest BCUT2D eigenvalue weighted by Gasteiger charge is -2.30. The number of nitrogens with zero attached hydrogens (tertiary/aromatic N) is 2. The van der Waals surface area contributed by atoms with Crippen LogP contribution in [-0.2, 0) is 5.41 Å². The zero-order chi connectivity index (χ0) is 18.0. The lowest BCUT2D eigenvalue weighted by molar-refractivity contribution is 0.161. The number of likely N-dealkylation sites (tertiary alicyclic amines) is 1. The molecule has 1 N–H and O–H groups in total. The average Bonchev–Trinajstić information content (AvgIpc) is 3.21. The Labute approximate surface area is 155 Å². The van der Waals surface area contributed by atoms with Gasteiger partial charge in [-0.1, -0.05) is 60.7 Å². The SMILES string of the molecule is N#CC(CCN1C[C@H]2CC(O)C[C@H]2C1)(c1ccccc1)c1ccccc1. The fraction of sp³-hybridized carbons (Fsp3) is 0.435. The Balaban J connectivity index is 1.56. The number of hydrogen-bond acceptors (Lipinski definition) is 3. The van der Waals surface area contributed by atoms with Crippen LogP contribution in [0.4, 0.5) is 0 Å². The molecule has 3 nitrogen and oxygen atoms in total. The first-order valence-corrected chi connectivity index (χ1v) is 9.64. The molecule has 0 radical (unpaired) electrons. The van der Waals surface area contributed by atoms with E-state index in [2.05, 4.69) is 35.2 Å². The average molecular weight is 346 g/mol. The van der Waals surface area contributed by atoms with Crippen molar-refractivity contribution in [2.45, 2.75) is 30.8 Å². The first kappa shape index (κ1) is 17.3. The Kier molecular flexibility index (Phi) is 4.80. The van der Waals surface area contributed by atoms with Crippen LogP contribution < -0.4 is 0 Å². The maximum absolute atomic E-state index is 10.3. The summed E-state index contributed by atoms with van der Waals surface area (Å²) in [7, 11) is 0. The number of fused-ring (bicyclic) bond motifs is 1. The van der Waals surface area contributed by atoms with Gasteiger partial charge in [0.2, 0.25) is 0 Å². The molecule has 134 valence electrons. The summed E-state index contributed by atoms with van der Waals surface area (Å²) in [6.07, 6.45) is 2.59. The molecule has 0 aromatic heterocycles. The number of rotatable bonds is 5. The molecule has 26 heavy (non-hydrogen) atoms. The zero-order valence-electron chi connectivity index (χ0n) is 15.1. The predicted molar refractivity (Wildman–Crippen MR) is 103 cm³/mol. The number of aliphatic hydroxyl groups excluding tert-OH is 1. The van der Waals surface area contributed by atoms with Crippen LogP contribution in [0.2, 0.25) is 0 Å². The Morgan fingerprint density at radius 3 is 1.88 bits per heavy atom. The molecule has 2 aromatic rings. The third-order valence-electron chi connectivity index (χ3n) is 6.33. The van der Waals surface area contributed by atoms with Crippen LogP contribution in [0.1, 0.15) is 30.4 Å². The summed E-state index contributed by atoms with van der Waals surface area (Å²) >= 11 is 0. The fourth-order valence-corrected chi connectivity index (χ4v) is 4.96. The van der Waals surface area contributed by atoms with E-state index < -0.39 is 5.41 Å². The van der Waals surface area contributed by atoms with Gasteiger partial charge in [0, 0.05) is 19.6 Å². The molecule has 4 rings (SSSR count). The number of hydrogen-bond donors (Lipinski definition) is 1. The summed E-state index contributed by atoms with van der Waals surface area (Å²) in [6.45, 7) is 3.04. The van der Waals surface area contributed by atoms with E-state index in [-0.39, 0.29) is 6.10 Å². The lowest BCUT2D eigenvalue weighted by Crippen LogP contribution is -2.33. The summed E-state index contributed by atoms with van der Waals surface area (Å²) in [5, 5.41) is 20.1. The topological polar surface area (TPSA) is 47.3 Å². The highest BCUT2D eigenvalue weighted by Gasteiger charge is 2.41. The molecule has 1 saturated carbocycles. The second kappa shape index (κ2) is 7.23. The highest BCUT2D eigenvalue weighted by Crippen LogP contribution is 2.40. The Morgan fingerprint density at radius 1 is 0.923 bits per heavy atom. The van der Waals surface area contributed by atoms with Gasteiger partial charge in [-0.05, 0) is 42.2 Å². The van der Waals surface area contributed by atoms with Crippen LogP contribution in [0.5, 0.6) is 0 Å². The normalized spacial score (nSPS) is 25.8. The number of nitriles is 1. The Hall–Kier alpha value is -2.15. The molecule has 1 aliphatic heterocycles. The quantitative estimate of drug-likeness (QED) is 0.900. The van der Waals surface area contributed by atoms with Crippen molar-refractivity contribution >= 4 is 0 Å². The third kappa shape index (κ3) is 3.16. The predicted octanol–water partition coefficient (Wildman–Crippen LogP) is 3.59. The summed E-state index contributed by atoms with van der Waals surface area (Å²) < 4.78 is 0. The van der Waals surface area contributed by atoms with E-state index in [1.807, 2.05) is 36.4 Å². The van der Waals surface area contributed by atoms with E-state index in [4.69, 9.17) is 0 Å². The van der Waals surface area contributed by atoms with Crippen LogP contribution in [0.15, 0.2) is 60.7 Å². The minimum absolute atomic E-state index is 0.0982. The largest absolute Gasteiger partial charge is 0.393 e. The smallest absolute Gasteiger partial charge is 0.108 e. The monoisotopic (exact) mass is 346 g/mol. The molecule has 2 fully saturated rings. The molecule has 3 heteroatoms. The molecule has 1 unspecified atom stereocenters. The van der Waals surface area contributed by atoms with Crippen LogP contribution in [-0.4, -0.2) is 35.7 Å². The van der Waals surface area contributed by atoms with Gasteiger partial charge in [-0.25, -0.2) is 0 Å². The van der Waals surface area contributed by atoms with Gasteiger partial charge in [0.25, 0.3) is 0 Å². The van der Waals surface area contributed by atoms with E-state index in [9.17, 15) is 10.4 Å². The third-order valence-corrected chi connectivity index (χ3v) is 6.33. The van der Waals surface area contributed by atoms with Gasteiger partial charge in [0.05, 0.1) is 12.2 Å². The summed E-state index contributed by atoms with van der Waals surface area (Å²) in [5.74, 6) is 1.27. The van der Waals surface area contributed by atoms with E-state index in [0.717, 1.165) is 50.0 Å². The van der Waals surface area contributed by atoms with Gasteiger partial charge < -0.3 is 10.0 Å². The van der Waals surface area contributed by atoms with Crippen molar-refractivity contribution in [3.63, 3.8) is 0 Å². The van der Waals surface area contributed by atoms with Crippen LogP contribution in [0.3, 0.4) is 0 Å². The molecule has 1 heterocycles. The van der Waals surface area contributed by atoms with Gasteiger partial charge in [0.1, 0.15) is 5.41 Å². The summed E-state index contributed by atoms with van der Waals surface area (Å²) in [6, 6.07) is 23.0. The van der Waals surface area contributed by atoms with Gasteiger partial charge in [-0.2, -0.15) is 5.26 Å². The minimum atomic E-state index is -0.611. The molecule has 0 bridgehead atoms. The first-order valence-electron chi connectivity index (χ1n) is 9.64. The summed E-state index contributed by atoms with van der Waals surface area (Å²) in [5.41, 5.74) is 1.53. The van der Waals surface area contributed by atoms with Gasteiger partial charge in [-0.3, -0.25) is 0 Å². The number of aliphatic hydroxyl groups is 1. The molecule has 0 spiro atoms. The first-order chi connectivity index (χ1) is 12.7. The lowest BCUT2D eigenvalue weighted by atomic mass is 9.73. The van der Waals surface area contributed by atoms with Gasteiger partial charge in [0.15, 0.2) is 0 Å². The maximum Gasteiger partial charge on any atom is 0.108 e. The van der Waals surface area contributed by atoms with Gasteiger partial charge >= 0.3 is 0 Å². The van der Waals surface area contributed by atoms with Crippen LogP contribution in [0.25, 0.3) is 0 Å². The zero-order valence-corrected chi connectivity index (χ0v) is 15.1. The van der Waals surface area contributed by atoms with Crippen molar-refractivity contribution in [1.29, 1.82) is 5.26 Å². The van der Waals surface area contributed by atoms with Crippen molar-refractivity contribution in [3.8, 4) is 6.07 Å². The van der Waals surface area contributed by atoms with E-state index in [1.54, 1.807) is 0 Å². The molecular weight excluding hydrogens is 320 g/mol. The maximum atomic E-state index is 10.3. The highest BCUT2D eigenvalue weighted by atomic mass is 16.3. The fourth-order valence-electron chi connectivity index (χ4n) is 4.96. The molecule has 0 amide bonds. The van der Waals surface area contributed by atoms with Crippen molar-refractivity contribution in [2.24, 2.45) is 11.8 Å². The Morgan fingerprint density at radius 2 is 1.42 bits per heavy atom.